The minimum atomic E-state index is -1.24. The summed E-state index contributed by atoms with van der Waals surface area (Å²) in [5, 5.41) is 20.9. The summed E-state index contributed by atoms with van der Waals surface area (Å²) in [4.78, 5) is 49.0. The Morgan fingerprint density at radius 3 is 2.41 bits per heavy atom. The lowest BCUT2D eigenvalue weighted by molar-refractivity contribution is -0.136. The molecule has 0 spiro atoms. The molecule has 1 amide bonds. The number of carboxylic acids is 1. The monoisotopic (exact) mass is 378 g/mol. The van der Waals surface area contributed by atoms with Crippen molar-refractivity contribution in [1.29, 1.82) is 0 Å². The van der Waals surface area contributed by atoms with Gasteiger partial charge >= 0.3 is 17.9 Å². The number of hydrogen-bond donors (Lipinski definition) is 3. The fourth-order valence-corrected chi connectivity index (χ4v) is 2.55. The van der Waals surface area contributed by atoms with Crippen LogP contribution in [-0.2, 0) is 19.1 Å². The summed E-state index contributed by atoms with van der Waals surface area (Å²) in [7, 11) is 2.30. The number of aromatic carboxylic acids is 1. The van der Waals surface area contributed by atoms with Crippen molar-refractivity contribution in [2.75, 3.05) is 39.2 Å². The Morgan fingerprint density at radius 1 is 1.19 bits per heavy atom. The highest BCUT2D eigenvalue weighted by Crippen LogP contribution is 2.26. The molecule has 0 aromatic heterocycles. The first kappa shape index (κ1) is 19.9. The Hall–Kier alpha value is -3.40. The van der Waals surface area contributed by atoms with Crippen LogP contribution in [-0.4, -0.2) is 72.8 Å². The zero-order chi connectivity index (χ0) is 20.1. The maximum Gasteiger partial charge on any atom is 0.339 e. The third-order valence-corrected chi connectivity index (χ3v) is 3.89. The second-order valence-corrected chi connectivity index (χ2v) is 5.48. The summed E-state index contributed by atoms with van der Waals surface area (Å²) in [6.07, 6.45) is 0. The number of anilines is 1. The average molecular weight is 378 g/mol. The summed E-state index contributed by atoms with van der Waals surface area (Å²) < 4.78 is 9.34. The molecule has 0 bridgehead atoms. The van der Waals surface area contributed by atoms with E-state index in [1.807, 2.05) is 0 Å². The van der Waals surface area contributed by atoms with Crippen molar-refractivity contribution in [2.24, 2.45) is 0 Å². The molecule has 0 fully saturated rings. The number of rotatable bonds is 7. The first-order chi connectivity index (χ1) is 12.8. The SMILES string of the molecule is COC(=O)C1=C(Nc2cc(C(=O)O)ccc2C(=O)OC)C(=O)N(CCO)C1. The third kappa shape index (κ3) is 4.06. The minimum absolute atomic E-state index is 0.00695. The third-order valence-electron chi connectivity index (χ3n) is 3.89. The molecule has 0 saturated heterocycles. The van der Waals surface area contributed by atoms with Crippen molar-refractivity contribution in [2.45, 2.75) is 0 Å². The Balaban J connectivity index is 2.52. The van der Waals surface area contributed by atoms with Crippen LogP contribution in [0, 0.1) is 0 Å². The number of nitrogens with one attached hydrogen (secondary N) is 1. The van der Waals surface area contributed by atoms with Crippen LogP contribution in [0.1, 0.15) is 20.7 Å². The normalized spacial score (nSPS) is 13.6. The first-order valence-corrected chi connectivity index (χ1v) is 7.78. The number of aliphatic hydroxyl groups is 1. The summed E-state index contributed by atoms with van der Waals surface area (Å²) in [6.45, 7) is -0.417. The van der Waals surface area contributed by atoms with Gasteiger partial charge in [0.1, 0.15) is 5.70 Å². The molecular formula is C17H18N2O8. The van der Waals surface area contributed by atoms with E-state index in [0.29, 0.717) is 0 Å². The van der Waals surface area contributed by atoms with Gasteiger partial charge in [0.05, 0.1) is 49.8 Å². The smallest absolute Gasteiger partial charge is 0.339 e. The Kier molecular flexibility index (Phi) is 6.14. The second-order valence-electron chi connectivity index (χ2n) is 5.48. The van der Waals surface area contributed by atoms with Gasteiger partial charge in [0.2, 0.25) is 0 Å². The Labute approximate surface area is 154 Å². The Bertz CT molecular complexity index is 830. The van der Waals surface area contributed by atoms with Gasteiger partial charge in [0.25, 0.3) is 5.91 Å². The van der Waals surface area contributed by atoms with Crippen LogP contribution >= 0.6 is 0 Å². The lowest BCUT2D eigenvalue weighted by atomic mass is 10.1. The lowest BCUT2D eigenvalue weighted by Crippen LogP contribution is -2.31. The zero-order valence-electron chi connectivity index (χ0n) is 14.6. The van der Waals surface area contributed by atoms with Gasteiger partial charge in [-0.05, 0) is 18.2 Å². The summed E-state index contributed by atoms with van der Waals surface area (Å²) in [6, 6.07) is 3.60. The van der Waals surface area contributed by atoms with Crippen molar-refractivity contribution in [1.82, 2.24) is 4.90 Å². The molecule has 27 heavy (non-hydrogen) atoms. The molecule has 10 nitrogen and oxygen atoms in total. The number of nitrogens with zero attached hydrogens (tertiary/aromatic N) is 1. The van der Waals surface area contributed by atoms with Crippen LogP contribution < -0.4 is 5.32 Å². The van der Waals surface area contributed by atoms with Crippen LogP contribution in [0.2, 0.25) is 0 Å². The maximum absolute atomic E-state index is 12.6. The fourth-order valence-electron chi connectivity index (χ4n) is 2.55. The van der Waals surface area contributed by atoms with E-state index in [2.05, 4.69) is 14.8 Å². The topological polar surface area (TPSA) is 142 Å². The molecule has 2 rings (SSSR count). The van der Waals surface area contributed by atoms with Crippen LogP contribution in [0.15, 0.2) is 29.5 Å². The van der Waals surface area contributed by atoms with E-state index in [-0.39, 0.29) is 47.8 Å². The summed E-state index contributed by atoms with van der Waals surface area (Å²) >= 11 is 0. The molecule has 10 heteroatoms. The predicted molar refractivity (Wildman–Crippen MR) is 91.1 cm³/mol. The number of carboxylic acid groups (broad SMARTS) is 1. The van der Waals surface area contributed by atoms with E-state index in [1.54, 1.807) is 0 Å². The molecule has 0 radical (unpaired) electrons. The van der Waals surface area contributed by atoms with Crippen molar-refractivity contribution in [3.8, 4) is 0 Å². The highest BCUT2D eigenvalue weighted by molar-refractivity contribution is 6.09. The van der Waals surface area contributed by atoms with Gasteiger partial charge in [-0.2, -0.15) is 0 Å². The molecule has 1 heterocycles. The van der Waals surface area contributed by atoms with E-state index in [9.17, 15) is 19.2 Å². The molecule has 3 N–H and O–H groups in total. The summed E-state index contributed by atoms with van der Waals surface area (Å²) in [5.41, 5.74) is -0.344. The number of esters is 2. The number of carbonyl (C=O) groups excluding carboxylic acids is 3. The molecule has 1 aliphatic rings. The van der Waals surface area contributed by atoms with Crippen LogP contribution in [0.4, 0.5) is 5.69 Å². The highest BCUT2D eigenvalue weighted by atomic mass is 16.5. The highest BCUT2D eigenvalue weighted by Gasteiger charge is 2.35. The average Bonchev–Trinajstić information content (AvgIpc) is 2.96. The van der Waals surface area contributed by atoms with Gasteiger partial charge in [-0.15, -0.1) is 0 Å². The largest absolute Gasteiger partial charge is 0.478 e. The molecule has 0 saturated carbocycles. The molecule has 1 aliphatic heterocycles. The number of aliphatic hydroxyl groups excluding tert-OH is 1. The predicted octanol–water partition coefficient (Wildman–Crippen LogP) is -0.155. The molecular weight excluding hydrogens is 360 g/mol. The van der Waals surface area contributed by atoms with Crippen LogP contribution in [0.25, 0.3) is 0 Å². The van der Waals surface area contributed by atoms with E-state index >= 15 is 0 Å². The van der Waals surface area contributed by atoms with Crippen LogP contribution in [0.3, 0.4) is 0 Å². The quantitative estimate of drug-likeness (QED) is 0.552. The van der Waals surface area contributed by atoms with Gasteiger partial charge in [0.15, 0.2) is 0 Å². The molecule has 0 unspecified atom stereocenters. The number of ether oxygens (including phenoxy) is 2. The van der Waals surface area contributed by atoms with Crippen molar-refractivity contribution >= 4 is 29.5 Å². The second kappa shape index (κ2) is 8.32. The number of benzene rings is 1. The van der Waals surface area contributed by atoms with Gasteiger partial charge in [-0.1, -0.05) is 0 Å². The number of hydrogen-bond acceptors (Lipinski definition) is 8. The number of methoxy groups -OCH3 is 2. The standard InChI is InChI=1S/C17H18N2O8/c1-26-16(24)10-4-3-9(15(22)23)7-12(10)18-13-11(17(25)27-2)8-19(5-6-20)14(13)21/h3-4,7,18,20H,5-6,8H2,1-2H3,(H,22,23). The number of amides is 1. The van der Waals surface area contributed by atoms with Crippen molar-refractivity contribution in [3.63, 3.8) is 0 Å². The zero-order valence-corrected chi connectivity index (χ0v) is 14.6. The lowest BCUT2D eigenvalue weighted by Gasteiger charge is -2.16. The number of β-amino-alcohol motifs (C(OH)–C–C–N with tert-alkyl or cyclic N) is 1. The van der Waals surface area contributed by atoms with Crippen molar-refractivity contribution in [3.05, 3.63) is 40.6 Å². The number of carbonyl (C=O) groups is 4. The minimum Gasteiger partial charge on any atom is -0.478 e. The Morgan fingerprint density at radius 2 is 1.85 bits per heavy atom. The molecule has 144 valence electrons. The molecule has 0 aliphatic carbocycles. The van der Waals surface area contributed by atoms with E-state index < -0.39 is 23.8 Å². The van der Waals surface area contributed by atoms with Gasteiger partial charge < -0.3 is 29.9 Å². The van der Waals surface area contributed by atoms with Crippen molar-refractivity contribution < 1.29 is 38.9 Å². The molecule has 0 atom stereocenters. The summed E-state index contributed by atoms with van der Waals surface area (Å²) in [5.74, 6) is -3.36. The van der Waals surface area contributed by atoms with Gasteiger partial charge in [-0.3, -0.25) is 4.79 Å². The van der Waals surface area contributed by atoms with Gasteiger partial charge in [0, 0.05) is 6.54 Å². The van der Waals surface area contributed by atoms with E-state index in [4.69, 9.17) is 10.2 Å². The van der Waals surface area contributed by atoms with Gasteiger partial charge in [-0.25, -0.2) is 14.4 Å². The van der Waals surface area contributed by atoms with E-state index in [0.717, 1.165) is 20.3 Å². The fraction of sp³-hybridized carbons (Fsp3) is 0.294. The van der Waals surface area contributed by atoms with E-state index in [1.165, 1.54) is 17.0 Å². The molecule has 1 aromatic carbocycles. The molecule has 1 aromatic rings. The maximum atomic E-state index is 12.6. The first-order valence-electron chi connectivity index (χ1n) is 7.78. The van der Waals surface area contributed by atoms with Crippen LogP contribution in [0.5, 0.6) is 0 Å².